The van der Waals surface area contributed by atoms with Crippen LogP contribution in [0.2, 0.25) is 0 Å². The van der Waals surface area contributed by atoms with Gasteiger partial charge in [-0.25, -0.2) is 9.18 Å². The number of hydrogen-bond acceptors (Lipinski definition) is 7. The average molecular weight is 441 g/mol. The Morgan fingerprint density at radius 2 is 2.00 bits per heavy atom. The Balaban J connectivity index is 1.64. The molecular formula is C22H20FN3O6. The van der Waals surface area contributed by atoms with Crippen LogP contribution in [0.15, 0.2) is 35.3 Å². The second-order valence-electron chi connectivity index (χ2n) is 7.64. The molecule has 2 aromatic carbocycles. The Hall–Kier alpha value is -3.63. The second kappa shape index (κ2) is 7.81. The number of aromatic hydroxyl groups is 1. The van der Waals surface area contributed by atoms with Gasteiger partial charge in [0, 0.05) is 38.4 Å². The molecule has 3 heterocycles. The summed E-state index contributed by atoms with van der Waals surface area (Å²) in [5, 5.41) is 22.3. The summed E-state index contributed by atoms with van der Waals surface area (Å²) in [4.78, 5) is 26.6. The van der Waals surface area contributed by atoms with E-state index in [4.69, 9.17) is 9.47 Å². The molecule has 3 N–H and O–H groups in total. The van der Waals surface area contributed by atoms with Crippen LogP contribution >= 0.6 is 0 Å². The number of carbonyl (C=O) groups is 1. The summed E-state index contributed by atoms with van der Waals surface area (Å²) in [6.07, 6.45) is 1.20. The first-order valence-electron chi connectivity index (χ1n) is 10.1. The van der Waals surface area contributed by atoms with Crippen molar-refractivity contribution in [1.82, 2.24) is 9.47 Å². The summed E-state index contributed by atoms with van der Waals surface area (Å²) in [5.41, 5.74) is -0.537. The van der Waals surface area contributed by atoms with Gasteiger partial charge in [0.2, 0.25) is 5.43 Å². The van der Waals surface area contributed by atoms with E-state index in [0.717, 1.165) is 19.2 Å². The van der Waals surface area contributed by atoms with E-state index in [0.29, 0.717) is 32.0 Å². The molecule has 0 saturated carbocycles. The van der Waals surface area contributed by atoms with Crippen LogP contribution in [-0.2, 0) is 4.74 Å². The average Bonchev–Trinajstić information content (AvgIpc) is 2.77. The molecule has 166 valence electrons. The highest BCUT2D eigenvalue weighted by atomic mass is 19.1. The standard InChI is InChI=1S/C22H20FN3O6/c23-15-10-13-19-21(18(15)24-3-4-25-5-7-31-8-6-25)32-17-9-12(27)1-2-16(17)26(19)11-14(20(13)28)22(29)30/h1-2,9-11,24,27H,3-8H2,(H,29,30). The summed E-state index contributed by atoms with van der Waals surface area (Å²) < 4.78 is 27.9. The molecule has 3 aromatic rings. The number of phenols is 1. The van der Waals surface area contributed by atoms with Gasteiger partial charge in [0.15, 0.2) is 17.3 Å². The number of rotatable bonds is 5. The molecule has 0 radical (unpaired) electrons. The normalized spacial score (nSPS) is 15.3. The van der Waals surface area contributed by atoms with Crippen molar-refractivity contribution in [2.45, 2.75) is 0 Å². The van der Waals surface area contributed by atoms with E-state index in [1.165, 1.54) is 29.0 Å². The number of phenolic OH excluding ortho intramolecular Hbond substituents is 1. The van der Waals surface area contributed by atoms with E-state index in [-0.39, 0.29) is 33.8 Å². The van der Waals surface area contributed by atoms with Crippen molar-refractivity contribution in [1.29, 1.82) is 0 Å². The molecule has 32 heavy (non-hydrogen) atoms. The molecule has 0 unspecified atom stereocenters. The number of morpholine rings is 1. The fourth-order valence-corrected chi connectivity index (χ4v) is 4.09. The molecule has 0 spiro atoms. The van der Waals surface area contributed by atoms with E-state index >= 15 is 4.39 Å². The maximum Gasteiger partial charge on any atom is 0.341 e. The van der Waals surface area contributed by atoms with Crippen LogP contribution in [0.5, 0.6) is 17.2 Å². The van der Waals surface area contributed by atoms with Crippen LogP contribution in [0.25, 0.3) is 16.6 Å². The Bertz CT molecular complexity index is 1300. The predicted molar refractivity (Wildman–Crippen MR) is 114 cm³/mol. The van der Waals surface area contributed by atoms with Crippen molar-refractivity contribution >= 4 is 22.6 Å². The van der Waals surface area contributed by atoms with Crippen molar-refractivity contribution < 1.29 is 28.9 Å². The Morgan fingerprint density at radius 3 is 2.75 bits per heavy atom. The number of halogens is 1. The van der Waals surface area contributed by atoms with Crippen LogP contribution in [0, 0.1) is 5.82 Å². The van der Waals surface area contributed by atoms with Crippen LogP contribution in [-0.4, -0.2) is 65.0 Å². The van der Waals surface area contributed by atoms with Crippen molar-refractivity contribution in [2.24, 2.45) is 0 Å². The molecule has 5 rings (SSSR count). The first kappa shape index (κ1) is 20.3. The number of carboxylic acid groups (broad SMARTS) is 1. The van der Waals surface area contributed by atoms with E-state index in [2.05, 4.69) is 10.2 Å². The van der Waals surface area contributed by atoms with Gasteiger partial charge < -0.3 is 29.6 Å². The molecule has 1 fully saturated rings. The molecule has 0 atom stereocenters. The maximum atomic E-state index is 15.1. The second-order valence-corrected chi connectivity index (χ2v) is 7.64. The zero-order valence-corrected chi connectivity index (χ0v) is 16.9. The van der Waals surface area contributed by atoms with Gasteiger partial charge in [-0.05, 0) is 18.2 Å². The van der Waals surface area contributed by atoms with Gasteiger partial charge in [-0.1, -0.05) is 0 Å². The molecule has 0 aliphatic carbocycles. The monoisotopic (exact) mass is 441 g/mol. The highest BCUT2D eigenvalue weighted by molar-refractivity contribution is 5.98. The number of hydrogen-bond donors (Lipinski definition) is 3. The third kappa shape index (κ3) is 3.33. The lowest BCUT2D eigenvalue weighted by Gasteiger charge is -2.28. The SMILES string of the molecule is O=C(O)c1cn2c3c(c(NCCN4CCOCC4)c(F)cc3c1=O)Oc1cc(O)ccc1-2. The molecule has 0 bridgehead atoms. The largest absolute Gasteiger partial charge is 0.508 e. The quantitative estimate of drug-likeness (QED) is 0.433. The maximum absolute atomic E-state index is 15.1. The van der Waals surface area contributed by atoms with Crippen molar-refractivity contribution in [3.63, 3.8) is 0 Å². The number of carboxylic acids is 1. The van der Waals surface area contributed by atoms with E-state index in [9.17, 15) is 19.8 Å². The van der Waals surface area contributed by atoms with Crippen LogP contribution in [0.3, 0.4) is 0 Å². The van der Waals surface area contributed by atoms with Gasteiger partial charge in [0.1, 0.15) is 22.5 Å². The van der Waals surface area contributed by atoms with Gasteiger partial charge in [0.25, 0.3) is 0 Å². The van der Waals surface area contributed by atoms with E-state index in [1.807, 2.05) is 0 Å². The number of anilines is 1. The summed E-state index contributed by atoms with van der Waals surface area (Å²) >= 11 is 0. The van der Waals surface area contributed by atoms with Crippen molar-refractivity contribution in [3.8, 4) is 22.9 Å². The summed E-state index contributed by atoms with van der Waals surface area (Å²) in [5.74, 6) is -1.94. The Kier molecular flexibility index (Phi) is 4.95. The fraction of sp³-hybridized carbons (Fsp3) is 0.273. The van der Waals surface area contributed by atoms with E-state index < -0.39 is 22.8 Å². The summed E-state index contributed by atoms with van der Waals surface area (Å²) in [7, 11) is 0. The predicted octanol–water partition coefficient (Wildman–Crippen LogP) is 2.38. The minimum absolute atomic E-state index is 0.0640. The molecule has 2 aliphatic heterocycles. The number of aromatic carboxylic acids is 1. The van der Waals surface area contributed by atoms with Crippen LogP contribution in [0.4, 0.5) is 10.1 Å². The molecule has 1 saturated heterocycles. The molecule has 0 amide bonds. The Morgan fingerprint density at radius 1 is 1.22 bits per heavy atom. The number of nitrogens with one attached hydrogen (secondary N) is 1. The minimum Gasteiger partial charge on any atom is -0.508 e. The number of pyridine rings is 1. The van der Waals surface area contributed by atoms with Gasteiger partial charge in [0.05, 0.1) is 24.3 Å². The first-order chi connectivity index (χ1) is 15.4. The highest BCUT2D eigenvalue weighted by Gasteiger charge is 2.28. The smallest absolute Gasteiger partial charge is 0.341 e. The molecule has 2 aliphatic rings. The lowest BCUT2D eigenvalue weighted by molar-refractivity contribution is 0.0398. The van der Waals surface area contributed by atoms with Gasteiger partial charge in [-0.15, -0.1) is 0 Å². The van der Waals surface area contributed by atoms with E-state index in [1.54, 1.807) is 0 Å². The number of aromatic nitrogens is 1. The number of benzene rings is 2. The lowest BCUT2D eigenvalue weighted by atomic mass is 10.1. The minimum atomic E-state index is -1.41. The van der Waals surface area contributed by atoms with Crippen LogP contribution < -0.4 is 15.5 Å². The third-order valence-corrected chi connectivity index (χ3v) is 5.67. The highest BCUT2D eigenvalue weighted by Crippen LogP contribution is 2.45. The lowest BCUT2D eigenvalue weighted by Crippen LogP contribution is -2.39. The van der Waals surface area contributed by atoms with Gasteiger partial charge >= 0.3 is 5.97 Å². The molecule has 1 aromatic heterocycles. The topological polar surface area (TPSA) is 113 Å². The van der Waals surface area contributed by atoms with Crippen molar-refractivity contribution in [3.05, 3.63) is 52.1 Å². The molecule has 10 heteroatoms. The Labute approximate surface area is 181 Å². The van der Waals surface area contributed by atoms with Gasteiger partial charge in [-0.2, -0.15) is 0 Å². The zero-order chi connectivity index (χ0) is 22.4. The number of ether oxygens (including phenoxy) is 2. The fourth-order valence-electron chi connectivity index (χ4n) is 4.09. The van der Waals surface area contributed by atoms with Crippen molar-refractivity contribution in [2.75, 3.05) is 44.7 Å². The first-order valence-corrected chi connectivity index (χ1v) is 10.1. The third-order valence-electron chi connectivity index (χ3n) is 5.67. The van der Waals surface area contributed by atoms with Crippen LogP contribution in [0.1, 0.15) is 10.4 Å². The zero-order valence-electron chi connectivity index (χ0n) is 16.9. The number of nitrogens with zero attached hydrogens (tertiary/aromatic N) is 2. The number of fused-ring (bicyclic) bond motifs is 2. The molecular weight excluding hydrogens is 421 g/mol. The summed E-state index contributed by atoms with van der Waals surface area (Å²) in [6, 6.07) is 5.35. The molecule has 9 nitrogen and oxygen atoms in total. The van der Waals surface area contributed by atoms with Gasteiger partial charge in [-0.3, -0.25) is 9.69 Å². The summed E-state index contributed by atoms with van der Waals surface area (Å²) in [6.45, 7) is 3.95.